The summed E-state index contributed by atoms with van der Waals surface area (Å²) in [5.74, 6) is -1.07. The summed E-state index contributed by atoms with van der Waals surface area (Å²) in [6, 6.07) is 5.76. The first kappa shape index (κ1) is 9.98. The third-order valence-corrected chi connectivity index (χ3v) is 3.30. The van der Waals surface area contributed by atoms with Gasteiger partial charge in [-0.25, -0.2) is 14.8 Å². The van der Waals surface area contributed by atoms with Crippen LogP contribution < -0.4 is 0 Å². The van der Waals surface area contributed by atoms with Crippen LogP contribution in [0.2, 0.25) is 0 Å². The Morgan fingerprint density at radius 3 is 2.94 bits per heavy atom. The number of aromatic carboxylic acids is 1. The van der Waals surface area contributed by atoms with Gasteiger partial charge in [0.1, 0.15) is 6.33 Å². The van der Waals surface area contributed by atoms with Crippen LogP contribution in [0.25, 0.3) is 16.2 Å². The lowest BCUT2D eigenvalue weighted by Crippen LogP contribution is -1.99. The number of carbonyl (C=O) groups is 1. The second-order valence-electron chi connectivity index (χ2n) is 3.40. The van der Waals surface area contributed by atoms with Gasteiger partial charge in [0.25, 0.3) is 0 Å². The van der Waals surface area contributed by atoms with Gasteiger partial charge in [-0.2, -0.15) is 0 Å². The molecule has 0 aliphatic carbocycles. The van der Waals surface area contributed by atoms with Crippen LogP contribution >= 0.6 is 11.3 Å². The average Bonchev–Trinajstić information content (AvgIpc) is 2.97. The fourth-order valence-corrected chi connectivity index (χ4v) is 2.42. The fraction of sp³-hybridized carbons (Fsp3) is 0. The minimum absolute atomic E-state index is 0.0246. The van der Waals surface area contributed by atoms with E-state index in [0.717, 1.165) is 10.6 Å². The Hall–Kier alpha value is -2.21. The van der Waals surface area contributed by atoms with Crippen molar-refractivity contribution in [1.29, 1.82) is 0 Å². The lowest BCUT2D eigenvalue weighted by Gasteiger charge is -2.01. The standard InChI is InChI=1S/C11H7N3O2S/c15-11(16)9-10-12-4-3-7(14(10)6-13-9)8-2-1-5-17-8/h1-6H,(H,15,16). The van der Waals surface area contributed by atoms with Gasteiger partial charge < -0.3 is 5.11 Å². The van der Waals surface area contributed by atoms with E-state index in [4.69, 9.17) is 5.11 Å². The molecule has 0 amide bonds. The van der Waals surface area contributed by atoms with Crippen LogP contribution in [0.3, 0.4) is 0 Å². The third-order valence-electron chi connectivity index (χ3n) is 2.41. The van der Waals surface area contributed by atoms with E-state index in [2.05, 4.69) is 9.97 Å². The lowest BCUT2D eigenvalue weighted by atomic mass is 10.3. The van der Waals surface area contributed by atoms with E-state index >= 15 is 0 Å². The maximum absolute atomic E-state index is 11.0. The number of rotatable bonds is 2. The molecule has 0 aliphatic heterocycles. The molecule has 6 heteroatoms. The van der Waals surface area contributed by atoms with Crippen molar-refractivity contribution in [2.24, 2.45) is 0 Å². The molecule has 3 heterocycles. The van der Waals surface area contributed by atoms with Gasteiger partial charge in [-0.05, 0) is 17.5 Å². The van der Waals surface area contributed by atoms with Crippen molar-refractivity contribution >= 4 is 23.0 Å². The Bertz CT molecular complexity index is 688. The Morgan fingerprint density at radius 1 is 1.35 bits per heavy atom. The first-order valence-corrected chi connectivity index (χ1v) is 5.74. The number of carboxylic acid groups (broad SMARTS) is 1. The van der Waals surface area contributed by atoms with Gasteiger partial charge in [-0.3, -0.25) is 4.40 Å². The molecule has 0 aliphatic rings. The van der Waals surface area contributed by atoms with E-state index in [9.17, 15) is 4.79 Å². The molecule has 0 bridgehead atoms. The summed E-state index contributed by atoms with van der Waals surface area (Å²) in [7, 11) is 0. The molecular weight excluding hydrogens is 238 g/mol. The molecule has 0 unspecified atom stereocenters. The zero-order valence-electron chi connectivity index (χ0n) is 8.57. The molecule has 5 nitrogen and oxygen atoms in total. The number of aromatic nitrogens is 3. The summed E-state index contributed by atoms with van der Waals surface area (Å²) in [5.41, 5.74) is 1.23. The summed E-state index contributed by atoms with van der Waals surface area (Å²) < 4.78 is 1.69. The monoisotopic (exact) mass is 245 g/mol. The summed E-state index contributed by atoms with van der Waals surface area (Å²) in [6.07, 6.45) is 3.08. The smallest absolute Gasteiger partial charge is 0.358 e. The van der Waals surface area contributed by atoms with Crippen LogP contribution in [0.5, 0.6) is 0 Å². The molecule has 0 aromatic carbocycles. The van der Waals surface area contributed by atoms with E-state index in [1.807, 2.05) is 23.6 Å². The predicted molar refractivity (Wildman–Crippen MR) is 63.3 cm³/mol. The maximum Gasteiger partial charge on any atom is 0.358 e. The van der Waals surface area contributed by atoms with Crippen molar-refractivity contribution < 1.29 is 9.90 Å². The summed E-state index contributed by atoms with van der Waals surface area (Å²) in [5, 5.41) is 10.9. The van der Waals surface area contributed by atoms with E-state index < -0.39 is 5.97 Å². The van der Waals surface area contributed by atoms with E-state index in [-0.39, 0.29) is 5.69 Å². The van der Waals surface area contributed by atoms with Crippen LogP contribution in [0, 0.1) is 0 Å². The molecule has 0 spiro atoms. The Morgan fingerprint density at radius 2 is 2.24 bits per heavy atom. The van der Waals surface area contributed by atoms with Gasteiger partial charge >= 0.3 is 5.97 Å². The molecule has 17 heavy (non-hydrogen) atoms. The second kappa shape index (κ2) is 3.67. The molecular formula is C11H7N3O2S. The summed E-state index contributed by atoms with van der Waals surface area (Å²) in [4.78, 5) is 19.9. The normalized spacial score (nSPS) is 10.8. The van der Waals surface area contributed by atoms with Crippen molar-refractivity contribution in [3.05, 3.63) is 41.8 Å². The van der Waals surface area contributed by atoms with E-state index in [1.165, 1.54) is 6.33 Å². The quantitative estimate of drug-likeness (QED) is 0.751. The molecule has 0 fully saturated rings. The number of thiophene rings is 1. The van der Waals surface area contributed by atoms with Crippen molar-refractivity contribution in [2.75, 3.05) is 0 Å². The van der Waals surface area contributed by atoms with Gasteiger partial charge in [-0.1, -0.05) is 6.07 Å². The predicted octanol–water partition coefficient (Wildman–Crippen LogP) is 2.16. The van der Waals surface area contributed by atoms with Gasteiger partial charge in [0.05, 0.1) is 10.6 Å². The molecule has 0 radical (unpaired) electrons. The van der Waals surface area contributed by atoms with Crippen molar-refractivity contribution in [1.82, 2.24) is 14.4 Å². The van der Waals surface area contributed by atoms with Crippen LogP contribution in [0.1, 0.15) is 10.5 Å². The molecule has 84 valence electrons. The van der Waals surface area contributed by atoms with Gasteiger partial charge in [0, 0.05) is 6.20 Å². The van der Waals surface area contributed by atoms with Crippen LogP contribution in [0.4, 0.5) is 0 Å². The summed E-state index contributed by atoms with van der Waals surface area (Å²) in [6.45, 7) is 0. The van der Waals surface area contributed by atoms with E-state index in [0.29, 0.717) is 5.65 Å². The minimum atomic E-state index is -1.07. The highest BCUT2D eigenvalue weighted by atomic mass is 32.1. The topological polar surface area (TPSA) is 67.5 Å². The van der Waals surface area contributed by atoms with Crippen molar-refractivity contribution in [2.45, 2.75) is 0 Å². The lowest BCUT2D eigenvalue weighted by molar-refractivity contribution is 0.0693. The van der Waals surface area contributed by atoms with Crippen LogP contribution in [-0.2, 0) is 0 Å². The number of imidazole rings is 1. The number of carboxylic acids is 1. The highest BCUT2D eigenvalue weighted by Crippen LogP contribution is 2.25. The second-order valence-corrected chi connectivity index (χ2v) is 4.35. The van der Waals surface area contributed by atoms with E-state index in [1.54, 1.807) is 21.9 Å². The molecule has 0 atom stereocenters. The Labute approximate surface area is 100 Å². The van der Waals surface area contributed by atoms with Crippen molar-refractivity contribution in [3.63, 3.8) is 0 Å². The highest BCUT2D eigenvalue weighted by Gasteiger charge is 2.15. The molecule has 3 aromatic heterocycles. The zero-order valence-corrected chi connectivity index (χ0v) is 9.39. The average molecular weight is 245 g/mol. The first-order chi connectivity index (χ1) is 8.27. The summed E-state index contributed by atoms with van der Waals surface area (Å²) >= 11 is 1.58. The Balaban J connectivity index is 2.32. The SMILES string of the molecule is O=C(O)c1ncn2c(-c3cccs3)ccnc12. The van der Waals surface area contributed by atoms with Gasteiger partial charge in [0.2, 0.25) is 0 Å². The zero-order chi connectivity index (χ0) is 11.8. The largest absolute Gasteiger partial charge is 0.476 e. The number of hydrogen-bond donors (Lipinski definition) is 1. The molecule has 3 aromatic rings. The maximum atomic E-state index is 11.0. The Kier molecular flexibility index (Phi) is 2.15. The molecule has 3 rings (SSSR count). The molecule has 1 N–H and O–H groups in total. The number of hydrogen-bond acceptors (Lipinski definition) is 4. The number of fused-ring (bicyclic) bond motifs is 1. The first-order valence-electron chi connectivity index (χ1n) is 4.86. The minimum Gasteiger partial charge on any atom is -0.476 e. The molecule has 0 saturated carbocycles. The van der Waals surface area contributed by atoms with Crippen molar-refractivity contribution in [3.8, 4) is 10.6 Å². The number of nitrogens with zero attached hydrogens (tertiary/aromatic N) is 3. The molecule has 0 saturated heterocycles. The fourth-order valence-electron chi connectivity index (χ4n) is 1.68. The van der Waals surface area contributed by atoms with Crippen LogP contribution in [-0.4, -0.2) is 25.4 Å². The highest BCUT2D eigenvalue weighted by molar-refractivity contribution is 7.13. The van der Waals surface area contributed by atoms with Crippen LogP contribution in [0.15, 0.2) is 36.1 Å². The van der Waals surface area contributed by atoms with Gasteiger partial charge in [0.15, 0.2) is 11.3 Å². The third kappa shape index (κ3) is 1.50. The van der Waals surface area contributed by atoms with Gasteiger partial charge in [-0.15, -0.1) is 11.3 Å².